The Morgan fingerprint density at radius 2 is 1.80 bits per heavy atom. The highest BCUT2D eigenvalue weighted by Gasteiger charge is 1.85. The van der Waals surface area contributed by atoms with E-state index < -0.39 is 8.38 Å². The Labute approximate surface area is 31.3 Å². The fraction of sp³-hybridized carbons (Fsp3) is 1.00. The fourth-order valence-electron chi connectivity index (χ4n) is 0. The minimum absolute atomic E-state index is 0.0185. The van der Waals surface area contributed by atoms with E-state index >= 15 is 0 Å². The van der Waals surface area contributed by atoms with Crippen LogP contribution in [0.25, 0.3) is 0 Å². The molecule has 0 radical (unpaired) electrons. The third kappa shape index (κ3) is 4.31. The summed E-state index contributed by atoms with van der Waals surface area (Å²) in [4.78, 5) is 15.7. The van der Waals surface area contributed by atoms with Gasteiger partial charge in [0.15, 0.2) is 8.38 Å². The van der Waals surface area contributed by atoms with Crippen LogP contribution < -0.4 is 5.73 Å². The van der Waals surface area contributed by atoms with Gasteiger partial charge in [0.05, 0.1) is 6.29 Å². The zero-order valence-electron chi connectivity index (χ0n) is 2.63. The van der Waals surface area contributed by atoms with Gasteiger partial charge >= 0.3 is 0 Å². The van der Waals surface area contributed by atoms with Gasteiger partial charge in [0.2, 0.25) is 0 Å². The molecule has 0 amide bonds. The number of hydrogen-bond acceptors (Lipinski definition) is 3. The van der Waals surface area contributed by atoms with Gasteiger partial charge in [-0.2, -0.15) is 0 Å². The van der Waals surface area contributed by atoms with Crippen LogP contribution in [-0.2, 0) is 0 Å². The first kappa shape index (κ1) is 5.31. The third-order valence-electron chi connectivity index (χ3n) is 0.163. The van der Waals surface area contributed by atoms with Gasteiger partial charge in [-0.25, -0.2) is 0 Å². The van der Waals surface area contributed by atoms with E-state index in [1.54, 1.807) is 0 Å². The van der Waals surface area contributed by atoms with Crippen molar-refractivity contribution in [2.75, 3.05) is 6.29 Å². The minimum atomic E-state index is -1.82. The van der Waals surface area contributed by atoms with Crippen LogP contribution in [0.5, 0.6) is 0 Å². The van der Waals surface area contributed by atoms with E-state index in [1.807, 2.05) is 0 Å². The van der Waals surface area contributed by atoms with E-state index in [4.69, 9.17) is 15.5 Å². The molecule has 0 aliphatic carbocycles. The van der Waals surface area contributed by atoms with E-state index in [0.29, 0.717) is 0 Å². The number of rotatable bonds is 1. The zero-order valence-corrected chi connectivity index (χ0v) is 3.52. The molecule has 0 aliphatic rings. The molecule has 0 aromatic heterocycles. The molecular formula is CH6NO2P. The summed E-state index contributed by atoms with van der Waals surface area (Å²) >= 11 is 0. The number of hydrogen-bond donors (Lipinski definition) is 3. The molecule has 0 atom stereocenters. The number of nitrogens with two attached hydrogens (primary N) is 1. The molecular weight excluding hydrogens is 89.0 g/mol. The highest BCUT2D eigenvalue weighted by Crippen LogP contribution is 2.16. The highest BCUT2D eigenvalue weighted by atomic mass is 31.2. The van der Waals surface area contributed by atoms with Crippen molar-refractivity contribution in [2.45, 2.75) is 0 Å². The maximum Gasteiger partial charge on any atom is 0.179 e. The lowest BCUT2D eigenvalue weighted by atomic mass is 11.6. The van der Waals surface area contributed by atoms with Gasteiger partial charge in [-0.1, -0.05) is 0 Å². The molecule has 5 heavy (non-hydrogen) atoms. The first-order chi connectivity index (χ1) is 2.27. The van der Waals surface area contributed by atoms with Gasteiger partial charge in [-0.3, -0.25) is 0 Å². The van der Waals surface area contributed by atoms with Crippen LogP contribution in [0, 0.1) is 0 Å². The molecule has 0 saturated heterocycles. The molecule has 0 heterocycles. The van der Waals surface area contributed by atoms with Crippen LogP contribution in [0.15, 0.2) is 0 Å². The van der Waals surface area contributed by atoms with Gasteiger partial charge in [-0.15, -0.1) is 0 Å². The molecule has 0 spiro atoms. The van der Waals surface area contributed by atoms with Crippen molar-refractivity contribution in [3.63, 3.8) is 0 Å². The molecule has 32 valence electrons. The van der Waals surface area contributed by atoms with Crippen LogP contribution in [0.4, 0.5) is 0 Å². The molecule has 0 bridgehead atoms. The summed E-state index contributed by atoms with van der Waals surface area (Å²) in [7, 11) is -1.82. The van der Waals surface area contributed by atoms with Gasteiger partial charge in [0, 0.05) is 0 Å². The second kappa shape index (κ2) is 2.54. The smallest absolute Gasteiger partial charge is 0.179 e. The standard InChI is InChI=1S/CH6NO2P/c2-1-5(3)4/h3-4H,1-2H2. The summed E-state index contributed by atoms with van der Waals surface area (Å²) in [6.07, 6.45) is -0.0185. The van der Waals surface area contributed by atoms with E-state index in [0.717, 1.165) is 0 Å². The largest absolute Gasteiger partial charge is 0.349 e. The summed E-state index contributed by atoms with van der Waals surface area (Å²) in [6, 6.07) is 0. The summed E-state index contributed by atoms with van der Waals surface area (Å²) in [5.74, 6) is 0. The maximum atomic E-state index is 7.86. The van der Waals surface area contributed by atoms with E-state index in [9.17, 15) is 0 Å². The van der Waals surface area contributed by atoms with Crippen molar-refractivity contribution in [1.82, 2.24) is 0 Å². The monoisotopic (exact) mass is 95.0 g/mol. The Hall–Kier alpha value is 0.310. The topological polar surface area (TPSA) is 66.5 Å². The van der Waals surface area contributed by atoms with Gasteiger partial charge in [0.1, 0.15) is 0 Å². The van der Waals surface area contributed by atoms with E-state index in [1.165, 1.54) is 0 Å². The molecule has 4 heteroatoms. The van der Waals surface area contributed by atoms with Gasteiger partial charge in [0.25, 0.3) is 0 Å². The lowest BCUT2D eigenvalue weighted by Gasteiger charge is -1.88. The third-order valence-corrected chi connectivity index (χ3v) is 0.490. The summed E-state index contributed by atoms with van der Waals surface area (Å²) in [5.41, 5.74) is 4.70. The van der Waals surface area contributed by atoms with Crippen LogP contribution in [0.2, 0.25) is 0 Å². The average molecular weight is 95.0 g/mol. The van der Waals surface area contributed by atoms with Crippen molar-refractivity contribution in [2.24, 2.45) is 5.73 Å². The van der Waals surface area contributed by atoms with Crippen LogP contribution in [-0.4, -0.2) is 16.1 Å². The normalized spacial score (nSPS) is 9.60. The first-order valence-electron chi connectivity index (χ1n) is 1.12. The molecule has 0 fully saturated rings. The fourth-order valence-corrected chi connectivity index (χ4v) is 0. The Bertz CT molecular complexity index is 23.6. The first-order valence-corrected chi connectivity index (χ1v) is 2.56. The SMILES string of the molecule is NCP(O)O. The van der Waals surface area contributed by atoms with Gasteiger partial charge in [-0.05, 0) is 0 Å². The van der Waals surface area contributed by atoms with E-state index in [-0.39, 0.29) is 6.29 Å². The van der Waals surface area contributed by atoms with Crippen molar-refractivity contribution in [3.05, 3.63) is 0 Å². The van der Waals surface area contributed by atoms with Crippen molar-refractivity contribution >= 4 is 8.38 Å². The highest BCUT2D eigenvalue weighted by molar-refractivity contribution is 7.44. The second-order valence-electron chi connectivity index (χ2n) is 0.555. The molecule has 4 N–H and O–H groups in total. The van der Waals surface area contributed by atoms with Crippen LogP contribution >= 0.6 is 8.38 Å². The van der Waals surface area contributed by atoms with Crippen LogP contribution in [0.1, 0.15) is 0 Å². The summed E-state index contributed by atoms with van der Waals surface area (Å²) in [5, 5.41) is 0. The Morgan fingerprint density at radius 1 is 1.60 bits per heavy atom. The summed E-state index contributed by atoms with van der Waals surface area (Å²) in [6.45, 7) is 0. The molecule has 0 aromatic rings. The van der Waals surface area contributed by atoms with Gasteiger partial charge < -0.3 is 15.5 Å². The Balaban J connectivity index is 2.54. The van der Waals surface area contributed by atoms with Crippen molar-refractivity contribution in [1.29, 1.82) is 0 Å². The minimum Gasteiger partial charge on any atom is -0.349 e. The molecule has 0 aliphatic heterocycles. The molecule has 0 aromatic carbocycles. The van der Waals surface area contributed by atoms with E-state index in [2.05, 4.69) is 0 Å². The molecule has 3 nitrogen and oxygen atoms in total. The molecule has 0 saturated carbocycles. The zero-order chi connectivity index (χ0) is 4.28. The van der Waals surface area contributed by atoms with Crippen LogP contribution in [0.3, 0.4) is 0 Å². The lowest BCUT2D eigenvalue weighted by Crippen LogP contribution is -1.93. The predicted octanol–water partition coefficient (Wildman–Crippen LogP) is -0.801. The predicted molar refractivity (Wildman–Crippen MR) is 20.4 cm³/mol. The Morgan fingerprint density at radius 3 is 1.80 bits per heavy atom. The summed E-state index contributed by atoms with van der Waals surface area (Å²) < 4.78 is 0. The van der Waals surface area contributed by atoms with Crippen molar-refractivity contribution in [3.8, 4) is 0 Å². The second-order valence-corrected chi connectivity index (χ2v) is 1.66. The van der Waals surface area contributed by atoms with Crippen molar-refractivity contribution < 1.29 is 9.79 Å². The Kier molecular flexibility index (Phi) is 2.70. The average Bonchev–Trinajstić information content (AvgIpc) is 1.38. The molecule has 0 unspecified atom stereocenters. The lowest BCUT2D eigenvalue weighted by molar-refractivity contribution is 0.483. The molecule has 0 rings (SSSR count). The quantitative estimate of drug-likeness (QED) is 0.373. The maximum absolute atomic E-state index is 7.86.